The molecule has 0 unspecified atom stereocenters. The highest BCUT2D eigenvalue weighted by atomic mass is 16.5. The first-order valence-corrected chi connectivity index (χ1v) is 14.9. The number of nitrogens with zero attached hydrogens (tertiary/aromatic N) is 7. The van der Waals surface area contributed by atoms with Crippen LogP contribution in [0.2, 0.25) is 0 Å². The van der Waals surface area contributed by atoms with Crippen LogP contribution in [0.25, 0.3) is 28.5 Å². The second-order valence-electron chi connectivity index (χ2n) is 10.7. The van der Waals surface area contributed by atoms with Crippen molar-refractivity contribution in [3.63, 3.8) is 0 Å². The summed E-state index contributed by atoms with van der Waals surface area (Å²) < 4.78 is 7.19. The standard InChI is InChI=1S/C33H36N8O3/c1-4-5-13-30-29(19-24-14-16-25(17-15-24)27-11-6-7-12-28(27)31-37-39-40-38-31)32(43)41(23(3)36-30)33-34-20-26(21-35-33)44-18-9-8-10-22(2)42/h6-7,11-12,14-17,20-21H,4-5,8-10,13,18-19H2,1-3H3,(H,37,38,39,40). The van der Waals surface area contributed by atoms with Gasteiger partial charge in [-0.05, 0) is 61.4 Å². The van der Waals surface area contributed by atoms with E-state index in [9.17, 15) is 9.59 Å². The molecule has 5 rings (SSSR count). The third kappa shape index (κ3) is 7.28. The number of hydrogen-bond acceptors (Lipinski definition) is 9. The Balaban J connectivity index is 1.39. The molecule has 0 aliphatic rings. The van der Waals surface area contributed by atoms with E-state index < -0.39 is 0 Å². The lowest BCUT2D eigenvalue weighted by Gasteiger charge is -2.15. The van der Waals surface area contributed by atoms with Crippen LogP contribution in [0.1, 0.15) is 68.6 Å². The Morgan fingerprint density at radius 1 is 0.977 bits per heavy atom. The molecule has 0 saturated heterocycles. The van der Waals surface area contributed by atoms with E-state index in [2.05, 4.69) is 37.5 Å². The van der Waals surface area contributed by atoms with E-state index in [0.29, 0.717) is 42.4 Å². The van der Waals surface area contributed by atoms with Gasteiger partial charge in [-0.25, -0.2) is 19.5 Å². The van der Waals surface area contributed by atoms with Crippen LogP contribution in [-0.2, 0) is 17.6 Å². The largest absolute Gasteiger partial charge is 0.490 e. The number of Topliss-reactive ketones (excluding diaryl/α,β-unsaturated/α-hetero) is 1. The number of H-pyrrole nitrogens is 1. The summed E-state index contributed by atoms with van der Waals surface area (Å²) in [6, 6.07) is 16.1. The number of aromatic amines is 1. The first-order valence-electron chi connectivity index (χ1n) is 14.9. The molecule has 0 saturated carbocycles. The summed E-state index contributed by atoms with van der Waals surface area (Å²) in [6.07, 6.45) is 8.29. The fraction of sp³-hybridized carbons (Fsp3) is 0.333. The van der Waals surface area contributed by atoms with Crippen molar-refractivity contribution in [1.29, 1.82) is 0 Å². The zero-order valence-electron chi connectivity index (χ0n) is 25.3. The normalized spacial score (nSPS) is 11.1. The van der Waals surface area contributed by atoms with Crippen LogP contribution in [0.3, 0.4) is 0 Å². The number of ketones is 1. The number of hydrogen-bond donors (Lipinski definition) is 1. The summed E-state index contributed by atoms with van der Waals surface area (Å²) in [4.78, 5) is 38.8. The molecular weight excluding hydrogens is 556 g/mol. The van der Waals surface area contributed by atoms with Gasteiger partial charge < -0.3 is 9.53 Å². The zero-order chi connectivity index (χ0) is 30.9. The van der Waals surface area contributed by atoms with Crippen molar-refractivity contribution in [3.05, 3.63) is 93.9 Å². The topological polar surface area (TPSA) is 141 Å². The lowest BCUT2D eigenvalue weighted by Crippen LogP contribution is -2.29. The van der Waals surface area contributed by atoms with E-state index in [1.807, 2.05) is 48.5 Å². The quantitative estimate of drug-likeness (QED) is 0.171. The maximum Gasteiger partial charge on any atom is 0.264 e. The fourth-order valence-corrected chi connectivity index (χ4v) is 5.06. The number of rotatable bonds is 14. The predicted octanol–water partition coefficient (Wildman–Crippen LogP) is 5.25. The Kier molecular flexibility index (Phi) is 9.96. The SMILES string of the molecule is CCCCc1nc(C)n(-c2ncc(OCCCCC(C)=O)cn2)c(=O)c1Cc1ccc(-c2ccccc2-c2nn[nH]n2)cc1. The van der Waals surface area contributed by atoms with Crippen molar-refractivity contribution >= 4 is 5.78 Å². The smallest absolute Gasteiger partial charge is 0.264 e. The van der Waals surface area contributed by atoms with Crippen LogP contribution >= 0.6 is 0 Å². The van der Waals surface area contributed by atoms with Gasteiger partial charge in [0.15, 0.2) is 5.75 Å². The van der Waals surface area contributed by atoms with E-state index in [4.69, 9.17) is 9.72 Å². The molecule has 1 N–H and O–H groups in total. The number of aromatic nitrogens is 8. The minimum atomic E-state index is -0.173. The molecule has 3 aromatic heterocycles. The minimum absolute atomic E-state index is 0.173. The van der Waals surface area contributed by atoms with Crippen LogP contribution < -0.4 is 10.3 Å². The number of unbranched alkanes of at least 4 members (excludes halogenated alkanes) is 2. The number of benzene rings is 2. The van der Waals surface area contributed by atoms with Gasteiger partial charge in [-0.3, -0.25) is 4.79 Å². The Hall–Kier alpha value is -5.06. The summed E-state index contributed by atoms with van der Waals surface area (Å²) in [5.74, 6) is 2.00. The molecule has 11 heteroatoms. The molecule has 0 bridgehead atoms. The van der Waals surface area contributed by atoms with Crippen LogP contribution in [0, 0.1) is 6.92 Å². The zero-order valence-corrected chi connectivity index (χ0v) is 25.3. The van der Waals surface area contributed by atoms with Gasteiger partial charge in [-0.2, -0.15) is 5.21 Å². The van der Waals surface area contributed by atoms with Gasteiger partial charge in [0.25, 0.3) is 5.56 Å². The molecule has 0 aliphatic heterocycles. The van der Waals surface area contributed by atoms with Gasteiger partial charge >= 0.3 is 0 Å². The number of carbonyl (C=O) groups excluding carboxylic acids is 1. The average Bonchev–Trinajstić information content (AvgIpc) is 3.57. The molecule has 2 aromatic carbocycles. The highest BCUT2D eigenvalue weighted by Crippen LogP contribution is 2.30. The summed E-state index contributed by atoms with van der Waals surface area (Å²) in [7, 11) is 0. The molecule has 5 aromatic rings. The third-order valence-corrected chi connectivity index (χ3v) is 7.36. The van der Waals surface area contributed by atoms with E-state index in [1.54, 1.807) is 26.2 Å². The second-order valence-corrected chi connectivity index (χ2v) is 10.7. The summed E-state index contributed by atoms with van der Waals surface area (Å²) in [5.41, 5.74) is 5.14. The molecule has 0 spiro atoms. The third-order valence-electron chi connectivity index (χ3n) is 7.36. The first-order chi connectivity index (χ1) is 21.4. The van der Waals surface area contributed by atoms with Crippen molar-refractivity contribution in [2.45, 2.75) is 65.7 Å². The maximum absolute atomic E-state index is 14.0. The molecule has 0 aliphatic carbocycles. The van der Waals surface area contributed by atoms with E-state index >= 15 is 0 Å². The summed E-state index contributed by atoms with van der Waals surface area (Å²) in [6.45, 7) is 5.98. The van der Waals surface area contributed by atoms with E-state index in [-0.39, 0.29) is 17.3 Å². The molecular formula is C33H36N8O3. The van der Waals surface area contributed by atoms with Gasteiger partial charge in [-0.15, -0.1) is 10.2 Å². The van der Waals surface area contributed by atoms with Crippen LogP contribution in [0.5, 0.6) is 5.75 Å². The summed E-state index contributed by atoms with van der Waals surface area (Å²) >= 11 is 0. The van der Waals surface area contributed by atoms with Crippen molar-refractivity contribution in [2.75, 3.05) is 6.61 Å². The second kappa shape index (κ2) is 14.4. The average molecular weight is 593 g/mol. The highest BCUT2D eigenvalue weighted by molar-refractivity contribution is 5.80. The van der Waals surface area contributed by atoms with Crippen molar-refractivity contribution in [2.24, 2.45) is 0 Å². The molecule has 0 amide bonds. The van der Waals surface area contributed by atoms with Gasteiger partial charge in [0, 0.05) is 24.0 Å². The lowest BCUT2D eigenvalue weighted by molar-refractivity contribution is -0.117. The predicted molar refractivity (Wildman–Crippen MR) is 167 cm³/mol. The molecule has 11 nitrogen and oxygen atoms in total. The molecule has 0 atom stereocenters. The lowest BCUT2D eigenvalue weighted by atomic mass is 9.96. The van der Waals surface area contributed by atoms with Gasteiger partial charge in [-0.1, -0.05) is 61.9 Å². The maximum atomic E-state index is 14.0. The Bertz CT molecular complexity index is 1750. The minimum Gasteiger partial charge on any atom is -0.490 e. The number of carbonyl (C=O) groups is 1. The van der Waals surface area contributed by atoms with Crippen molar-refractivity contribution in [1.82, 2.24) is 40.1 Å². The highest BCUT2D eigenvalue weighted by Gasteiger charge is 2.18. The van der Waals surface area contributed by atoms with Crippen LogP contribution in [-0.4, -0.2) is 52.5 Å². The van der Waals surface area contributed by atoms with Crippen molar-refractivity contribution < 1.29 is 9.53 Å². The molecule has 3 heterocycles. The fourth-order valence-electron chi connectivity index (χ4n) is 5.06. The number of nitrogens with one attached hydrogen (secondary N) is 1. The number of ether oxygens (including phenoxy) is 1. The van der Waals surface area contributed by atoms with Gasteiger partial charge in [0.1, 0.15) is 11.6 Å². The molecule has 226 valence electrons. The number of aryl methyl sites for hydroxylation is 2. The first kappa shape index (κ1) is 30.4. The molecule has 44 heavy (non-hydrogen) atoms. The molecule has 0 radical (unpaired) electrons. The number of tetrazole rings is 1. The van der Waals surface area contributed by atoms with E-state index in [0.717, 1.165) is 60.1 Å². The summed E-state index contributed by atoms with van der Waals surface area (Å²) in [5, 5.41) is 14.5. The Labute approximate surface area is 255 Å². The van der Waals surface area contributed by atoms with Gasteiger partial charge in [0.2, 0.25) is 11.8 Å². The monoisotopic (exact) mass is 592 g/mol. The van der Waals surface area contributed by atoms with Gasteiger partial charge in [0.05, 0.1) is 24.7 Å². The van der Waals surface area contributed by atoms with E-state index in [1.165, 1.54) is 4.57 Å². The van der Waals surface area contributed by atoms with Crippen LogP contribution in [0.15, 0.2) is 65.7 Å². The Morgan fingerprint density at radius 3 is 2.41 bits per heavy atom. The Morgan fingerprint density at radius 2 is 1.73 bits per heavy atom. The van der Waals surface area contributed by atoms with Crippen LogP contribution in [0.4, 0.5) is 0 Å². The molecule has 0 fully saturated rings. The van der Waals surface area contributed by atoms with Crippen molar-refractivity contribution in [3.8, 4) is 34.2 Å².